The fraction of sp³-hybridized carbons (Fsp3) is 0.333. The fourth-order valence-corrected chi connectivity index (χ4v) is 3.32. The Balaban J connectivity index is 1.52. The number of carbonyl (C=O) groups excluding carboxylic acids is 2. The second-order valence-electron chi connectivity index (χ2n) is 6.88. The molecule has 3 rings (SSSR count). The van der Waals surface area contributed by atoms with Gasteiger partial charge >= 0.3 is 0 Å². The van der Waals surface area contributed by atoms with Gasteiger partial charge in [-0.05, 0) is 55.3 Å². The number of hydrogen-bond acceptors (Lipinski definition) is 4. The average Bonchev–Trinajstić information content (AvgIpc) is 2.69. The lowest BCUT2D eigenvalue weighted by molar-refractivity contribution is -0.134. The van der Waals surface area contributed by atoms with Crippen LogP contribution < -0.4 is 4.74 Å². The number of aryl methyl sites for hydroxylation is 2. The lowest BCUT2D eigenvalue weighted by Crippen LogP contribution is -2.51. The molecule has 0 radical (unpaired) electrons. The lowest BCUT2D eigenvalue weighted by Gasteiger charge is -2.34. The summed E-state index contributed by atoms with van der Waals surface area (Å²) in [5, 5.41) is 10.2. The third kappa shape index (κ3) is 4.57. The maximum absolute atomic E-state index is 12.5. The van der Waals surface area contributed by atoms with Crippen molar-refractivity contribution in [2.45, 2.75) is 13.8 Å². The number of nitrogens with zero attached hydrogens (tertiary/aromatic N) is 2. The number of phenols is 1. The molecule has 1 aliphatic rings. The molecule has 2 aromatic rings. The third-order valence-corrected chi connectivity index (χ3v) is 5.38. The van der Waals surface area contributed by atoms with E-state index in [2.05, 4.69) is 0 Å². The molecule has 1 N–H and O–H groups in total. The molecule has 7 heteroatoms. The summed E-state index contributed by atoms with van der Waals surface area (Å²) < 4.78 is 5.64. The zero-order chi connectivity index (χ0) is 20.3. The molecule has 1 aliphatic heterocycles. The van der Waals surface area contributed by atoms with Crippen molar-refractivity contribution >= 4 is 23.4 Å². The summed E-state index contributed by atoms with van der Waals surface area (Å²) >= 11 is 6.15. The molecule has 148 valence electrons. The van der Waals surface area contributed by atoms with Crippen LogP contribution in [0, 0.1) is 13.8 Å². The van der Waals surface area contributed by atoms with E-state index in [1.807, 2.05) is 26.0 Å². The largest absolute Gasteiger partial charge is 0.508 e. The zero-order valence-corrected chi connectivity index (χ0v) is 16.7. The minimum atomic E-state index is -0.147. The van der Waals surface area contributed by atoms with E-state index in [-0.39, 0.29) is 24.2 Å². The standard InChI is InChI=1S/C21H23ClN2O4/c1-14-10-18(11-15(2)20(14)22)28-13-19(26)23-6-8-24(9-7-23)21(27)16-4-3-5-17(25)12-16/h3-5,10-12,25H,6-9,13H2,1-2H3. The van der Waals surface area contributed by atoms with Crippen LogP contribution in [0.2, 0.25) is 5.02 Å². The van der Waals surface area contributed by atoms with Crippen LogP contribution in [0.4, 0.5) is 0 Å². The van der Waals surface area contributed by atoms with Gasteiger partial charge < -0.3 is 19.6 Å². The average molecular weight is 403 g/mol. The number of ether oxygens (including phenoxy) is 1. The van der Waals surface area contributed by atoms with E-state index in [9.17, 15) is 14.7 Å². The molecule has 6 nitrogen and oxygen atoms in total. The normalized spacial score (nSPS) is 14.1. The van der Waals surface area contributed by atoms with Crippen LogP contribution in [0.3, 0.4) is 0 Å². The fourth-order valence-electron chi connectivity index (χ4n) is 3.21. The minimum Gasteiger partial charge on any atom is -0.508 e. The van der Waals surface area contributed by atoms with Gasteiger partial charge in [-0.1, -0.05) is 17.7 Å². The van der Waals surface area contributed by atoms with Gasteiger partial charge in [-0.25, -0.2) is 0 Å². The Hall–Kier alpha value is -2.73. The molecule has 2 amide bonds. The molecule has 1 heterocycles. The summed E-state index contributed by atoms with van der Waals surface area (Å²) in [6, 6.07) is 9.91. The first-order valence-electron chi connectivity index (χ1n) is 9.11. The Morgan fingerprint density at radius 2 is 1.64 bits per heavy atom. The first-order valence-corrected chi connectivity index (χ1v) is 9.48. The molecule has 0 atom stereocenters. The third-order valence-electron chi connectivity index (χ3n) is 4.78. The Morgan fingerprint density at radius 1 is 1.04 bits per heavy atom. The zero-order valence-electron chi connectivity index (χ0n) is 15.9. The van der Waals surface area contributed by atoms with Gasteiger partial charge in [0.25, 0.3) is 11.8 Å². The highest BCUT2D eigenvalue weighted by Crippen LogP contribution is 2.26. The van der Waals surface area contributed by atoms with Crippen LogP contribution in [0.25, 0.3) is 0 Å². The van der Waals surface area contributed by atoms with Crippen molar-refractivity contribution in [2.24, 2.45) is 0 Å². The van der Waals surface area contributed by atoms with Crippen molar-refractivity contribution in [2.75, 3.05) is 32.8 Å². The number of rotatable bonds is 4. The van der Waals surface area contributed by atoms with Gasteiger partial charge in [0.15, 0.2) is 6.61 Å². The van der Waals surface area contributed by atoms with Crippen LogP contribution in [0.1, 0.15) is 21.5 Å². The second kappa shape index (κ2) is 8.52. The number of benzene rings is 2. The number of phenolic OH excluding ortho intramolecular Hbond substituents is 1. The van der Waals surface area contributed by atoms with E-state index in [4.69, 9.17) is 16.3 Å². The van der Waals surface area contributed by atoms with Crippen LogP contribution in [0.15, 0.2) is 36.4 Å². The number of amides is 2. The summed E-state index contributed by atoms with van der Waals surface area (Å²) in [5.41, 5.74) is 2.25. The van der Waals surface area contributed by atoms with Gasteiger partial charge in [0.2, 0.25) is 0 Å². The van der Waals surface area contributed by atoms with Crippen molar-refractivity contribution in [3.63, 3.8) is 0 Å². The predicted octanol–water partition coefficient (Wildman–Crippen LogP) is 3.03. The van der Waals surface area contributed by atoms with Crippen LogP contribution in [-0.4, -0.2) is 59.5 Å². The molecule has 0 aliphatic carbocycles. The van der Waals surface area contributed by atoms with Crippen molar-refractivity contribution in [3.05, 3.63) is 58.1 Å². The highest BCUT2D eigenvalue weighted by atomic mass is 35.5. The summed E-state index contributed by atoms with van der Waals surface area (Å²) in [6.45, 7) is 5.52. The number of hydrogen-bond donors (Lipinski definition) is 1. The van der Waals surface area contributed by atoms with E-state index >= 15 is 0 Å². The molecule has 1 saturated heterocycles. The molecular weight excluding hydrogens is 380 g/mol. The summed E-state index contributed by atoms with van der Waals surface area (Å²) in [5.74, 6) is 0.413. The highest BCUT2D eigenvalue weighted by molar-refractivity contribution is 6.32. The topological polar surface area (TPSA) is 70.1 Å². The maximum Gasteiger partial charge on any atom is 0.260 e. The maximum atomic E-state index is 12.5. The van der Waals surface area contributed by atoms with Gasteiger partial charge in [0.1, 0.15) is 11.5 Å². The Morgan fingerprint density at radius 3 is 2.25 bits per heavy atom. The smallest absolute Gasteiger partial charge is 0.260 e. The summed E-state index contributed by atoms with van der Waals surface area (Å²) in [7, 11) is 0. The molecular formula is C21H23ClN2O4. The van der Waals surface area contributed by atoms with Gasteiger partial charge in [0, 0.05) is 36.8 Å². The van der Waals surface area contributed by atoms with Crippen molar-refractivity contribution in [1.29, 1.82) is 0 Å². The SMILES string of the molecule is Cc1cc(OCC(=O)N2CCN(C(=O)c3cccc(O)c3)CC2)cc(C)c1Cl. The first-order chi connectivity index (χ1) is 13.3. The van der Waals surface area contributed by atoms with Crippen molar-refractivity contribution in [1.82, 2.24) is 9.80 Å². The van der Waals surface area contributed by atoms with Crippen LogP contribution >= 0.6 is 11.6 Å². The Labute approximate surface area is 169 Å². The van der Waals surface area contributed by atoms with E-state index in [0.717, 1.165) is 11.1 Å². The second-order valence-corrected chi connectivity index (χ2v) is 7.26. The number of carbonyl (C=O) groups is 2. The summed E-state index contributed by atoms with van der Waals surface area (Å²) in [4.78, 5) is 28.3. The van der Waals surface area contributed by atoms with E-state index in [1.54, 1.807) is 21.9 Å². The molecule has 0 aromatic heterocycles. The lowest BCUT2D eigenvalue weighted by atomic mass is 10.1. The number of halogens is 1. The minimum absolute atomic E-state index is 0.0545. The molecule has 0 bridgehead atoms. The van der Waals surface area contributed by atoms with Crippen LogP contribution in [0.5, 0.6) is 11.5 Å². The Kier molecular flexibility index (Phi) is 6.09. The van der Waals surface area contributed by atoms with E-state index in [0.29, 0.717) is 42.5 Å². The highest BCUT2D eigenvalue weighted by Gasteiger charge is 2.25. The molecule has 0 saturated carbocycles. The molecule has 2 aromatic carbocycles. The van der Waals surface area contributed by atoms with Gasteiger partial charge in [-0.2, -0.15) is 0 Å². The molecule has 28 heavy (non-hydrogen) atoms. The Bertz CT molecular complexity index is 869. The number of aromatic hydroxyl groups is 1. The van der Waals surface area contributed by atoms with Gasteiger partial charge in [-0.15, -0.1) is 0 Å². The van der Waals surface area contributed by atoms with Gasteiger partial charge in [-0.3, -0.25) is 9.59 Å². The van der Waals surface area contributed by atoms with E-state index < -0.39 is 0 Å². The molecule has 0 unspecified atom stereocenters. The molecule has 1 fully saturated rings. The van der Waals surface area contributed by atoms with E-state index in [1.165, 1.54) is 12.1 Å². The monoisotopic (exact) mass is 402 g/mol. The van der Waals surface area contributed by atoms with Crippen molar-refractivity contribution in [3.8, 4) is 11.5 Å². The molecule has 0 spiro atoms. The van der Waals surface area contributed by atoms with Crippen LogP contribution in [-0.2, 0) is 4.79 Å². The quantitative estimate of drug-likeness (QED) is 0.853. The van der Waals surface area contributed by atoms with Gasteiger partial charge in [0.05, 0.1) is 0 Å². The van der Waals surface area contributed by atoms with Crippen molar-refractivity contribution < 1.29 is 19.4 Å². The number of piperazine rings is 1. The first kappa shape index (κ1) is 20.0. The predicted molar refractivity (Wildman–Crippen MR) is 107 cm³/mol. The summed E-state index contributed by atoms with van der Waals surface area (Å²) in [6.07, 6.45) is 0.